The highest BCUT2D eigenvalue weighted by Gasteiger charge is 2.20. The number of amides is 1. The predicted molar refractivity (Wildman–Crippen MR) is 99.2 cm³/mol. The molecule has 1 saturated heterocycles. The van der Waals surface area contributed by atoms with Gasteiger partial charge in [0.05, 0.1) is 18.3 Å². The molecule has 3 rings (SSSR count). The van der Waals surface area contributed by atoms with Gasteiger partial charge < -0.3 is 10.3 Å². The summed E-state index contributed by atoms with van der Waals surface area (Å²) in [5, 5.41) is 9.18. The van der Waals surface area contributed by atoms with Crippen LogP contribution in [0, 0.1) is 0 Å². The van der Waals surface area contributed by atoms with E-state index in [0.29, 0.717) is 6.54 Å². The number of likely N-dealkylation sites (tertiary alicyclic amines) is 1. The molecule has 2 heterocycles. The highest BCUT2D eigenvalue weighted by molar-refractivity contribution is 8.00. The van der Waals surface area contributed by atoms with Crippen LogP contribution in [0.15, 0.2) is 35.5 Å². The first-order valence-electron chi connectivity index (χ1n) is 8.78. The van der Waals surface area contributed by atoms with Crippen molar-refractivity contribution in [1.29, 1.82) is 0 Å². The van der Waals surface area contributed by atoms with E-state index in [2.05, 4.69) is 31.8 Å². The topological polar surface area (TPSA) is 77.0 Å². The molecule has 0 unspecified atom stereocenters. The van der Waals surface area contributed by atoms with Crippen LogP contribution in [0.25, 0.3) is 0 Å². The largest absolute Gasteiger partial charge is 0.369 e. The van der Waals surface area contributed by atoms with Crippen molar-refractivity contribution in [2.75, 3.05) is 13.1 Å². The Balaban J connectivity index is 1.83. The van der Waals surface area contributed by atoms with Crippen molar-refractivity contribution in [3.63, 3.8) is 0 Å². The fraction of sp³-hybridized carbons (Fsp3) is 0.500. The van der Waals surface area contributed by atoms with Crippen molar-refractivity contribution in [1.82, 2.24) is 19.7 Å². The van der Waals surface area contributed by atoms with Gasteiger partial charge in [-0.3, -0.25) is 9.69 Å². The summed E-state index contributed by atoms with van der Waals surface area (Å²) in [6.07, 6.45) is 3.80. The van der Waals surface area contributed by atoms with Gasteiger partial charge in [0.25, 0.3) is 0 Å². The zero-order valence-electron chi connectivity index (χ0n) is 14.6. The van der Waals surface area contributed by atoms with Gasteiger partial charge in [-0.05, 0) is 38.4 Å². The first-order valence-corrected chi connectivity index (χ1v) is 9.66. The number of thioether (sulfide) groups is 1. The lowest BCUT2D eigenvalue weighted by Gasteiger charge is -2.26. The first kappa shape index (κ1) is 17.9. The van der Waals surface area contributed by atoms with E-state index in [1.165, 1.54) is 36.6 Å². The van der Waals surface area contributed by atoms with Gasteiger partial charge in [-0.25, -0.2) is 0 Å². The average molecular weight is 359 g/mol. The quantitative estimate of drug-likeness (QED) is 0.768. The molecular weight excluding hydrogens is 334 g/mol. The van der Waals surface area contributed by atoms with Crippen LogP contribution in [0.3, 0.4) is 0 Å². The molecule has 2 aromatic rings. The second kappa shape index (κ2) is 8.49. The van der Waals surface area contributed by atoms with E-state index in [4.69, 9.17) is 5.73 Å². The molecular formula is C18H25N5OS. The van der Waals surface area contributed by atoms with Crippen molar-refractivity contribution in [3.05, 3.63) is 41.7 Å². The molecule has 0 bridgehead atoms. The number of primary amides is 1. The van der Waals surface area contributed by atoms with Gasteiger partial charge in [0.2, 0.25) is 5.91 Å². The lowest BCUT2D eigenvalue weighted by Crippen LogP contribution is -2.30. The normalized spacial score (nSPS) is 16.7. The fourth-order valence-electron chi connectivity index (χ4n) is 2.98. The molecule has 0 aliphatic carbocycles. The number of carbonyl (C=O) groups is 1. The molecule has 6 nitrogen and oxygen atoms in total. The smallest absolute Gasteiger partial charge is 0.230 e. The predicted octanol–water partition coefficient (Wildman–Crippen LogP) is 2.28. The monoisotopic (exact) mass is 359 g/mol. The molecule has 1 aliphatic rings. The van der Waals surface area contributed by atoms with E-state index in [9.17, 15) is 4.79 Å². The maximum atomic E-state index is 11.4. The van der Waals surface area contributed by atoms with Gasteiger partial charge in [0.1, 0.15) is 5.82 Å². The Bertz CT molecular complexity index is 697. The molecule has 1 fully saturated rings. The molecule has 0 radical (unpaired) electrons. The number of nitrogens with two attached hydrogens (primary N) is 1. The van der Waals surface area contributed by atoms with Crippen LogP contribution in [0.4, 0.5) is 0 Å². The summed E-state index contributed by atoms with van der Waals surface area (Å²) in [6.45, 7) is 5.52. The average Bonchev–Trinajstić information content (AvgIpc) is 2.98. The van der Waals surface area contributed by atoms with Crippen molar-refractivity contribution in [3.8, 4) is 0 Å². The number of piperidine rings is 1. The van der Waals surface area contributed by atoms with E-state index in [-0.39, 0.29) is 11.2 Å². The molecule has 0 saturated carbocycles. The van der Waals surface area contributed by atoms with Crippen LogP contribution in [0.5, 0.6) is 0 Å². The second-order valence-electron chi connectivity index (χ2n) is 6.47. The maximum absolute atomic E-state index is 11.4. The molecule has 25 heavy (non-hydrogen) atoms. The van der Waals surface area contributed by atoms with Gasteiger partial charge in [-0.1, -0.05) is 48.5 Å². The van der Waals surface area contributed by atoms with Crippen LogP contribution >= 0.6 is 11.8 Å². The third-order valence-electron chi connectivity index (χ3n) is 4.47. The van der Waals surface area contributed by atoms with Crippen LogP contribution in [0.1, 0.15) is 37.6 Å². The lowest BCUT2D eigenvalue weighted by atomic mass is 10.1. The summed E-state index contributed by atoms with van der Waals surface area (Å²) >= 11 is 1.38. The molecule has 1 aliphatic heterocycles. The summed E-state index contributed by atoms with van der Waals surface area (Å²) < 4.78 is 2.12. The maximum Gasteiger partial charge on any atom is 0.230 e. The summed E-state index contributed by atoms with van der Waals surface area (Å²) in [4.78, 5) is 13.9. The Morgan fingerprint density at radius 2 is 1.88 bits per heavy atom. The van der Waals surface area contributed by atoms with Gasteiger partial charge in [-0.15, -0.1) is 10.2 Å². The van der Waals surface area contributed by atoms with Crippen molar-refractivity contribution in [2.45, 2.75) is 49.7 Å². The molecule has 1 aromatic heterocycles. The highest BCUT2D eigenvalue weighted by Crippen LogP contribution is 2.24. The second-order valence-corrected chi connectivity index (χ2v) is 7.78. The Hall–Kier alpha value is -1.86. The van der Waals surface area contributed by atoms with Crippen LogP contribution in [-0.4, -0.2) is 43.9 Å². The Morgan fingerprint density at radius 3 is 2.56 bits per heavy atom. The fourth-order valence-corrected chi connectivity index (χ4v) is 3.80. The summed E-state index contributed by atoms with van der Waals surface area (Å²) in [5.41, 5.74) is 6.61. The SMILES string of the molecule is C[C@H](Sc1nnc(CN2CCCCC2)n1Cc1ccccc1)C(N)=O. The van der Waals surface area contributed by atoms with E-state index in [0.717, 1.165) is 30.6 Å². The summed E-state index contributed by atoms with van der Waals surface area (Å²) in [7, 11) is 0. The van der Waals surface area contributed by atoms with Crippen molar-refractivity contribution in [2.24, 2.45) is 5.73 Å². The Labute approximate surface area is 152 Å². The van der Waals surface area contributed by atoms with Gasteiger partial charge in [0, 0.05) is 0 Å². The lowest BCUT2D eigenvalue weighted by molar-refractivity contribution is -0.117. The Morgan fingerprint density at radius 1 is 1.16 bits per heavy atom. The number of nitrogens with zero attached hydrogens (tertiary/aromatic N) is 4. The third kappa shape index (κ3) is 4.83. The van der Waals surface area contributed by atoms with E-state index in [1.807, 2.05) is 18.2 Å². The molecule has 0 spiro atoms. The van der Waals surface area contributed by atoms with Gasteiger partial charge >= 0.3 is 0 Å². The summed E-state index contributed by atoms with van der Waals surface area (Å²) in [6, 6.07) is 10.3. The molecule has 1 atom stereocenters. The molecule has 134 valence electrons. The number of hydrogen-bond donors (Lipinski definition) is 1. The zero-order chi connectivity index (χ0) is 17.6. The van der Waals surface area contributed by atoms with Crippen LogP contribution < -0.4 is 5.73 Å². The van der Waals surface area contributed by atoms with Crippen LogP contribution in [-0.2, 0) is 17.9 Å². The molecule has 7 heteroatoms. The van der Waals surface area contributed by atoms with Crippen LogP contribution in [0.2, 0.25) is 0 Å². The zero-order valence-corrected chi connectivity index (χ0v) is 15.4. The Kier molecular flexibility index (Phi) is 6.09. The standard InChI is InChI=1S/C18H25N5OS/c1-14(17(19)24)25-18-21-20-16(13-22-10-6-3-7-11-22)23(18)12-15-8-4-2-5-9-15/h2,4-5,8-9,14H,3,6-7,10-13H2,1H3,(H2,19,24)/t14-/m0/s1. The molecule has 1 aromatic carbocycles. The summed E-state index contributed by atoms with van der Waals surface area (Å²) in [5.74, 6) is 0.613. The molecule has 2 N–H and O–H groups in total. The van der Waals surface area contributed by atoms with E-state index in [1.54, 1.807) is 6.92 Å². The van der Waals surface area contributed by atoms with E-state index >= 15 is 0 Å². The van der Waals surface area contributed by atoms with Gasteiger partial charge in [-0.2, -0.15) is 0 Å². The third-order valence-corrected chi connectivity index (χ3v) is 5.57. The number of hydrogen-bond acceptors (Lipinski definition) is 5. The van der Waals surface area contributed by atoms with Gasteiger partial charge in [0.15, 0.2) is 5.16 Å². The minimum absolute atomic E-state index is 0.332. The minimum Gasteiger partial charge on any atom is -0.369 e. The molecule has 1 amide bonds. The van der Waals surface area contributed by atoms with Crippen molar-refractivity contribution < 1.29 is 4.79 Å². The first-order chi connectivity index (χ1) is 12.1. The van der Waals surface area contributed by atoms with E-state index < -0.39 is 0 Å². The van der Waals surface area contributed by atoms with Crippen molar-refractivity contribution >= 4 is 17.7 Å². The minimum atomic E-state index is -0.336. The highest BCUT2D eigenvalue weighted by atomic mass is 32.2. The number of rotatable bonds is 7. The number of carbonyl (C=O) groups excluding carboxylic acids is 1. The number of benzene rings is 1. The number of aromatic nitrogens is 3.